The number of amides is 1. The minimum atomic E-state index is 0.131. The van der Waals surface area contributed by atoms with E-state index in [4.69, 9.17) is 0 Å². The number of phenols is 1. The van der Waals surface area contributed by atoms with Gasteiger partial charge >= 0.3 is 0 Å². The first-order chi connectivity index (χ1) is 8.59. The van der Waals surface area contributed by atoms with Crippen molar-refractivity contribution >= 4 is 11.6 Å². The second kappa shape index (κ2) is 5.42. The van der Waals surface area contributed by atoms with E-state index in [1.807, 2.05) is 12.1 Å². The molecule has 0 fully saturated rings. The number of carbonyl (C=O) groups is 1. The zero-order valence-electron chi connectivity index (χ0n) is 11.1. The molecule has 0 unspecified atom stereocenters. The highest BCUT2D eigenvalue weighted by molar-refractivity contribution is 5.96. The Labute approximate surface area is 108 Å². The van der Waals surface area contributed by atoms with Gasteiger partial charge in [-0.25, -0.2) is 0 Å². The molecule has 2 rings (SSSR count). The third kappa shape index (κ3) is 2.66. The Balaban J connectivity index is 2.19. The first kappa shape index (κ1) is 12.9. The van der Waals surface area contributed by atoms with Gasteiger partial charge < -0.3 is 10.0 Å². The lowest BCUT2D eigenvalue weighted by atomic mass is 10.00. The Kier molecular flexibility index (Phi) is 3.90. The van der Waals surface area contributed by atoms with Crippen LogP contribution in [-0.4, -0.2) is 17.6 Å². The number of phenolic OH excluding ortho intramolecular Hbond substituents is 1. The molecule has 1 aromatic carbocycles. The van der Waals surface area contributed by atoms with Crippen molar-refractivity contribution in [1.82, 2.24) is 0 Å². The third-order valence-electron chi connectivity index (χ3n) is 3.43. The van der Waals surface area contributed by atoms with Gasteiger partial charge in [0.05, 0.1) is 5.69 Å². The van der Waals surface area contributed by atoms with E-state index in [1.165, 1.54) is 0 Å². The van der Waals surface area contributed by atoms with E-state index in [-0.39, 0.29) is 11.7 Å². The van der Waals surface area contributed by atoms with Crippen molar-refractivity contribution in [2.45, 2.75) is 39.5 Å². The molecule has 0 spiro atoms. The Bertz CT molecular complexity index is 440. The number of hydrogen-bond acceptors (Lipinski definition) is 2. The van der Waals surface area contributed by atoms with Crippen LogP contribution in [0.1, 0.15) is 38.7 Å². The summed E-state index contributed by atoms with van der Waals surface area (Å²) in [6.07, 6.45) is 3.38. The molecular formula is C15H21NO2. The SMILES string of the molecule is CC(C)CCC(=O)N1CCCc2cccc(O)c21. The Hall–Kier alpha value is -1.51. The highest BCUT2D eigenvalue weighted by Crippen LogP contribution is 2.35. The number of carbonyl (C=O) groups excluding carboxylic acids is 1. The van der Waals surface area contributed by atoms with Crippen molar-refractivity contribution in [2.24, 2.45) is 5.92 Å². The third-order valence-corrected chi connectivity index (χ3v) is 3.43. The zero-order chi connectivity index (χ0) is 13.1. The molecule has 0 bridgehead atoms. The quantitative estimate of drug-likeness (QED) is 0.891. The van der Waals surface area contributed by atoms with Gasteiger partial charge in [0, 0.05) is 13.0 Å². The average molecular weight is 247 g/mol. The van der Waals surface area contributed by atoms with Crippen LogP contribution in [0.25, 0.3) is 0 Å². The first-order valence-corrected chi connectivity index (χ1v) is 6.71. The molecule has 1 aliphatic heterocycles. The molecule has 3 nitrogen and oxygen atoms in total. The molecule has 1 heterocycles. The van der Waals surface area contributed by atoms with Gasteiger partial charge in [-0.15, -0.1) is 0 Å². The number of rotatable bonds is 3. The van der Waals surface area contributed by atoms with E-state index in [0.29, 0.717) is 12.3 Å². The van der Waals surface area contributed by atoms with E-state index in [2.05, 4.69) is 13.8 Å². The van der Waals surface area contributed by atoms with Gasteiger partial charge in [0.2, 0.25) is 5.91 Å². The molecular weight excluding hydrogens is 226 g/mol. The predicted octanol–water partition coefficient (Wildman–Crippen LogP) is 3.11. The second-order valence-corrected chi connectivity index (χ2v) is 5.37. The Morgan fingerprint density at radius 3 is 2.94 bits per heavy atom. The topological polar surface area (TPSA) is 40.5 Å². The lowest BCUT2D eigenvalue weighted by molar-refractivity contribution is -0.119. The van der Waals surface area contributed by atoms with Crippen LogP contribution in [0.4, 0.5) is 5.69 Å². The fraction of sp³-hybridized carbons (Fsp3) is 0.533. The smallest absolute Gasteiger partial charge is 0.227 e. The molecule has 0 saturated heterocycles. The molecule has 3 heteroatoms. The van der Waals surface area contributed by atoms with E-state index in [9.17, 15) is 9.90 Å². The van der Waals surface area contributed by atoms with Crippen LogP contribution < -0.4 is 4.90 Å². The minimum absolute atomic E-state index is 0.131. The van der Waals surface area contributed by atoms with Crippen molar-refractivity contribution in [3.05, 3.63) is 23.8 Å². The first-order valence-electron chi connectivity index (χ1n) is 6.71. The van der Waals surface area contributed by atoms with E-state index < -0.39 is 0 Å². The van der Waals surface area contributed by atoms with Gasteiger partial charge in [0.15, 0.2) is 0 Å². The number of aromatic hydroxyl groups is 1. The summed E-state index contributed by atoms with van der Waals surface area (Å²) in [5.41, 5.74) is 1.82. The molecule has 1 aliphatic rings. The summed E-state index contributed by atoms with van der Waals surface area (Å²) < 4.78 is 0. The predicted molar refractivity (Wildman–Crippen MR) is 72.9 cm³/mol. The van der Waals surface area contributed by atoms with Crippen LogP contribution in [-0.2, 0) is 11.2 Å². The highest BCUT2D eigenvalue weighted by Gasteiger charge is 2.24. The van der Waals surface area contributed by atoms with E-state index in [0.717, 1.165) is 37.1 Å². The minimum Gasteiger partial charge on any atom is -0.506 e. The molecule has 1 amide bonds. The summed E-state index contributed by atoms with van der Waals surface area (Å²) in [6, 6.07) is 5.50. The highest BCUT2D eigenvalue weighted by atomic mass is 16.3. The molecule has 0 radical (unpaired) electrons. The summed E-state index contributed by atoms with van der Waals surface area (Å²) in [4.78, 5) is 14.0. The van der Waals surface area contributed by atoms with Gasteiger partial charge in [-0.3, -0.25) is 4.79 Å². The average Bonchev–Trinajstić information content (AvgIpc) is 2.35. The van der Waals surface area contributed by atoms with Crippen molar-refractivity contribution < 1.29 is 9.90 Å². The lowest BCUT2D eigenvalue weighted by Crippen LogP contribution is -2.35. The van der Waals surface area contributed by atoms with Gasteiger partial charge in [-0.05, 0) is 36.8 Å². The Morgan fingerprint density at radius 1 is 1.44 bits per heavy atom. The number of para-hydroxylation sites is 1. The molecule has 1 aromatic rings. The number of anilines is 1. The molecule has 1 N–H and O–H groups in total. The van der Waals surface area contributed by atoms with Crippen LogP contribution in [0.2, 0.25) is 0 Å². The largest absolute Gasteiger partial charge is 0.506 e. The number of benzene rings is 1. The number of nitrogens with zero attached hydrogens (tertiary/aromatic N) is 1. The summed E-state index contributed by atoms with van der Waals surface area (Å²) in [7, 11) is 0. The molecule has 0 aliphatic carbocycles. The maximum Gasteiger partial charge on any atom is 0.227 e. The molecule has 0 saturated carbocycles. The van der Waals surface area contributed by atoms with Gasteiger partial charge in [0.1, 0.15) is 5.75 Å². The normalized spacial score (nSPS) is 14.7. The zero-order valence-corrected chi connectivity index (χ0v) is 11.1. The Morgan fingerprint density at radius 2 is 2.22 bits per heavy atom. The fourth-order valence-corrected chi connectivity index (χ4v) is 2.43. The molecule has 98 valence electrons. The standard InChI is InChI=1S/C15H21NO2/c1-11(2)8-9-14(18)16-10-4-6-12-5-3-7-13(17)15(12)16/h3,5,7,11,17H,4,6,8-10H2,1-2H3. The number of fused-ring (bicyclic) bond motifs is 1. The van der Waals surface area contributed by atoms with Crippen LogP contribution in [0.15, 0.2) is 18.2 Å². The maximum atomic E-state index is 12.2. The van der Waals surface area contributed by atoms with Gasteiger partial charge in [-0.2, -0.15) is 0 Å². The van der Waals surface area contributed by atoms with Crippen molar-refractivity contribution in [3.63, 3.8) is 0 Å². The van der Waals surface area contributed by atoms with E-state index in [1.54, 1.807) is 11.0 Å². The number of hydrogen-bond donors (Lipinski definition) is 1. The van der Waals surface area contributed by atoms with Crippen LogP contribution in [0, 0.1) is 5.92 Å². The molecule has 18 heavy (non-hydrogen) atoms. The summed E-state index contributed by atoms with van der Waals surface area (Å²) in [5.74, 6) is 0.888. The molecule has 0 atom stereocenters. The van der Waals surface area contributed by atoms with E-state index >= 15 is 0 Å². The molecule has 0 aromatic heterocycles. The van der Waals surface area contributed by atoms with Crippen molar-refractivity contribution in [1.29, 1.82) is 0 Å². The van der Waals surface area contributed by atoms with Crippen LogP contribution in [0.3, 0.4) is 0 Å². The second-order valence-electron chi connectivity index (χ2n) is 5.37. The lowest BCUT2D eigenvalue weighted by Gasteiger charge is -2.30. The number of aryl methyl sites for hydroxylation is 1. The van der Waals surface area contributed by atoms with Crippen molar-refractivity contribution in [2.75, 3.05) is 11.4 Å². The van der Waals surface area contributed by atoms with Crippen LogP contribution in [0.5, 0.6) is 5.75 Å². The van der Waals surface area contributed by atoms with Crippen molar-refractivity contribution in [3.8, 4) is 5.75 Å². The fourth-order valence-electron chi connectivity index (χ4n) is 2.43. The summed E-state index contributed by atoms with van der Waals surface area (Å²) >= 11 is 0. The van der Waals surface area contributed by atoms with Gasteiger partial charge in [-0.1, -0.05) is 26.0 Å². The summed E-state index contributed by atoms with van der Waals surface area (Å²) in [5, 5.41) is 9.96. The van der Waals surface area contributed by atoms with Crippen LogP contribution >= 0.6 is 0 Å². The van der Waals surface area contributed by atoms with Gasteiger partial charge in [0.25, 0.3) is 0 Å². The maximum absolute atomic E-state index is 12.2. The summed E-state index contributed by atoms with van der Waals surface area (Å²) in [6.45, 7) is 4.96. The monoisotopic (exact) mass is 247 g/mol.